The zero-order valence-corrected chi connectivity index (χ0v) is 24.8. The van der Waals surface area contributed by atoms with E-state index in [1.165, 1.54) is 0 Å². The first-order valence-electron chi connectivity index (χ1n) is 14.5. The van der Waals surface area contributed by atoms with E-state index in [-0.39, 0.29) is 59.5 Å². The van der Waals surface area contributed by atoms with Crippen molar-refractivity contribution < 1.29 is 64.2 Å². The van der Waals surface area contributed by atoms with E-state index in [9.17, 15) is 20.4 Å². The number of unbranched alkanes of at least 4 members (excludes halogenated alkanes) is 1. The van der Waals surface area contributed by atoms with Gasteiger partial charge in [0.1, 0.15) is 36.6 Å². The topological polar surface area (TPSA) is 197 Å². The molecular formula is C28H56O13. The van der Waals surface area contributed by atoms with Crippen LogP contribution in [-0.2, 0) is 28.4 Å². The minimum atomic E-state index is -1.05. The summed E-state index contributed by atoms with van der Waals surface area (Å²) in [4.78, 5) is 0. The summed E-state index contributed by atoms with van der Waals surface area (Å²) >= 11 is 0. The maximum atomic E-state index is 10.1. The SMILES string of the molecule is CCC/C=C/CCC(C)COCC(COCC(COCC(O)CO)OCC(O)COCC(O)CO)OCC(O)CO. The molecule has 0 aliphatic rings. The third kappa shape index (κ3) is 25.4. The van der Waals surface area contributed by atoms with Crippen LogP contribution in [0.4, 0.5) is 0 Å². The van der Waals surface area contributed by atoms with E-state index in [1.54, 1.807) is 0 Å². The summed E-state index contributed by atoms with van der Waals surface area (Å²) in [5.74, 6) is 0.345. The van der Waals surface area contributed by atoms with E-state index in [0.717, 1.165) is 25.7 Å². The molecule has 13 nitrogen and oxygen atoms in total. The molecule has 0 aromatic heterocycles. The molecule has 0 heterocycles. The standard InChI is InChI=1S/C28H56O13/c1-3-4-5-6-7-8-22(2)12-36-18-27(40-16-25(34)11-31)20-39-21-28(19-38-14-24(33)10-30)41-17-26(35)15-37-13-23(32)9-29/h5-6,22-35H,3-4,7-21H2,1-2H3/b6-5+. The normalized spacial score (nSPS) is 17.4. The van der Waals surface area contributed by atoms with Crippen LogP contribution in [0.5, 0.6) is 0 Å². The molecule has 0 fully saturated rings. The fourth-order valence-corrected chi connectivity index (χ4v) is 3.26. The second kappa shape index (κ2) is 28.0. The molecule has 13 heteroatoms. The van der Waals surface area contributed by atoms with Gasteiger partial charge >= 0.3 is 0 Å². The van der Waals surface area contributed by atoms with Crippen LogP contribution < -0.4 is 0 Å². The lowest BCUT2D eigenvalue weighted by molar-refractivity contribution is -0.124. The van der Waals surface area contributed by atoms with Gasteiger partial charge in [-0.3, -0.25) is 0 Å². The number of aliphatic hydroxyl groups excluding tert-OH is 7. The third-order valence-electron chi connectivity index (χ3n) is 5.68. The molecule has 0 amide bonds. The van der Waals surface area contributed by atoms with E-state index in [0.29, 0.717) is 12.5 Å². The number of allylic oxidation sites excluding steroid dienone is 2. The van der Waals surface area contributed by atoms with Gasteiger partial charge in [0.2, 0.25) is 0 Å². The predicted molar refractivity (Wildman–Crippen MR) is 150 cm³/mol. The van der Waals surface area contributed by atoms with Gasteiger partial charge in [-0.15, -0.1) is 0 Å². The Balaban J connectivity index is 4.75. The van der Waals surface area contributed by atoms with Crippen molar-refractivity contribution in [3.05, 3.63) is 12.2 Å². The molecule has 0 saturated carbocycles. The van der Waals surface area contributed by atoms with Gasteiger partial charge in [-0.2, -0.15) is 0 Å². The average molecular weight is 601 g/mol. The van der Waals surface area contributed by atoms with Crippen molar-refractivity contribution in [2.24, 2.45) is 5.92 Å². The number of aliphatic hydroxyl groups is 7. The Bertz CT molecular complexity index is 583. The smallest absolute Gasteiger partial charge is 0.104 e. The fourth-order valence-electron chi connectivity index (χ4n) is 3.26. The summed E-state index contributed by atoms with van der Waals surface area (Å²) in [7, 11) is 0. The molecule has 0 rings (SSSR count). The Labute approximate surface area is 244 Å². The molecule has 0 aromatic carbocycles. The first-order valence-corrected chi connectivity index (χ1v) is 14.5. The van der Waals surface area contributed by atoms with Crippen LogP contribution in [0.2, 0.25) is 0 Å². The molecule has 0 aliphatic heterocycles. The molecule has 0 bridgehead atoms. The average Bonchev–Trinajstić information content (AvgIpc) is 2.97. The van der Waals surface area contributed by atoms with Crippen molar-refractivity contribution in [3.8, 4) is 0 Å². The molecule has 7 N–H and O–H groups in total. The largest absolute Gasteiger partial charge is 0.394 e. The van der Waals surface area contributed by atoms with Gasteiger partial charge in [0, 0.05) is 6.61 Å². The lowest BCUT2D eigenvalue weighted by atomic mass is 10.1. The lowest BCUT2D eigenvalue weighted by Crippen LogP contribution is -2.35. The molecule has 0 radical (unpaired) electrons. The van der Waals surface area contributed by atoms with E-state index < -0.39 is 56.4 Å². The first kappa shape index (κ1) is 40.2. The molecule has 7 atom stereocenters. The highest BCUT2D eigenvalue weighted by Crippen LogP contribution is 2.09. The van der Waals surface area contributed by atoms with Gasteiger partial charge in [-0.1, -0.05) is 32.4 Å². The monoisotopic (exact) mass is 600 g/mol. The van der Waals surface area contributed by atoms with Crippen LogP contribution in [0.3, 0.4) is 0 Å². The molecule has 7 unspecified atom stereocenters. The van der Waals surface area contributed by atoms with Crippen molar-refractivity contribution in [2.75, 3.05) is 85.9 Å². The quantitative estimate of drug-likeness (QED) is 0.0497. The van der Waals surface area contributed by atoms with Gasteiger partial charge < -0.3 is 64.2 Å². The summed E-state index contributed by atoms with van der Waals surface area (Å²) in [6, 6.07) is 0. The number of hydrogen-bond donors (Lipinski definition) is 7. The second-order valence-corrected chi connectivity index (χ2v) is 10.2. The van der Waals surface area contributed by atoms with Crippen molar-refractivity contribution in [1.82, 2.24) is 0 Å². The van der Waals surface area contributed by atoms with Crippen molar-refractivity contribution >= 4 is 0 Å². The van der Waals surface area contributed by atoms with Gasteiger partial charge in [0.05, 0.1) is 79.3 Å². The highest BCUT2D eigenvalue weighted by atomic mass is 16.6. The van der Waals surface area contributed by atoms with Crippen LogP contribution in [0.15, 0.2) is 12.2 Å². The van der Waals surface area contributed by atoms with E-state index >= 15 is 0 Å². The number of hydrogen-bond acceptors (Lipinski definition) is 13. The van der Waals surface area contributed by atoms with Gasteiger partial charge in [-0.25, -0.2) is 0 Å². The minimum absolute atomic E-state index is 0.00330. The van der Waals surface area contributed by atoms with E-state index in [4.69, 9.17) is 43.7 Å². The van der Waals surface area contributed by atoms with Crippen molar-refractivity contribution in [1.29, 1.82) is 0 Å². The Morgan fingerprint density at radius 2 is 0.902 bits per heavy atom. The zero-order valence-electron chi connectivity index (χ0n) is 24.8. The van der Waals surface area contributed by atoms with Crippen LogP contribution in [0, 0.1) is 5.92 Å². The van der Waals surface area contributed by atoms with Crippen LogP contribution in [0.1, 0.15) is 39.5 Å². The summed E-state index contributed by atoms with van der Waals surface area (Å²) in [6.07, 6.45) is 3.27. The van der Waals surface area contributed by atoms with Gasteiger partial charge in [0.25, 0.3) is 0 Å². The summed E-state index contributed by atoms with van der Waals surface area (Å²) in [5, 5.41) is 65.5. The highest BCUT2D eigenvalue weighted by molar-refractivity contribution is 4.81. The Morgan fingerprint density at radius 1 is 0.512 bits per heavy atom. The summed E-state index contributed by atoms with van der Waals surface area (Å²) in [5.41, 5.74) is 0. The summed E-state index contributed by atoms with van der Waals surface area (Å²) in [6.45, 7) is 3.20. The van der Waals surface area contributed by atoms with Gasteiger partial charge in [0.15, 0.2) is 0 Å². The van der Waals surface area contributed by atoms with Crippen LogP contribution in [0.25, 0.3) is 0 Å². The van der Waals surface area contributed by atoms with Crippen LogP contribution >= 0.6 is 0 Å². The molecule has 0 aliphatic carbocycles. The maximum absolute atomic E-state index is 10.1. The van der Waals surface area contributed by atoms with Crippen molar-refractivity contribution in [3.63, 3.8) is 0 Å². The molecular weight excluding hydrogens is 544 g/mol. The minimum Gasteiger partial charge on any atom is -0.394 e. The molecule has 0 spiro atoms. The molecule has 0 saturated heterocycles. The Hall–Kier alpha value is -0.780. The van der Waals surface area contributed by atoms with Crippen molar-refractivity contribution in [2.45, 2.75) is 76.2 Å². The Morgan fingerprint density at radius 3 is 1.41 bits per heavy atom. The fraction of sp³-hybridized carbons (Fsp3) is 0.929. The predicted octanol–water partition coefficient (Wildman–Crippen LogP) is -0.984. The zero-order chi connectivity index (χ0) is 30.7. The van der Waals surface area contributed by atoms with E-state index in [1.807, 2.05) is 0 Å². The Kier molecular flexibility index (Phi) is 27.5. The second-order valence-electron chi connectivity index (χ2n) is 10.2. The molecule has 246 valence electrons. The highest BCUT2D eigenvalue weighted by Gasteiger charge is 2.18. The number of rotatable bonds is 30. The van der Waals surface area contributed by atoms with Gasteiger partial charge in [-0.05, 0) is 25.2 Å². The lowest BCUT2D eigenvalue weighted by Gasteiger charge is -2.24. The maximum Gasteiger partial charge on any atom is 0.104 e. The first-order chi connectivity index (χ1) is 19.7. The molecule has 0 aromatic rings. The molecule has 41 heavy (non-hydrogen) atoms. The van der Waals surface area contributed by atoms with E-state index in [2.05, 4.69) is 26.0 Å². The summed E-state index contributed by atoms with van der Waals surface area (Å²) < 4.78 is 33.5. The number of ether oxygens (including phenoxy) is 6. The van der Waals surface area contributed by atoms with Crippen LogP contribution in [-0.4, -0.2) is 158 Å². The third-order valence-corrected chi connectivity index (χ3v) is 5.68.